The van der Waals surface area contributed by atoms with Crippen LogP contribution in [0.4, 0.5) is 119 Å². The van der Waals surface area contributed by atoms with E-state index in [-0.39, 0.29) is 121 Å². The highest BCUT2D eigenvalue weighted by atomic mass is 19.4. The Labute approximate surface area is 778 Å². The fourth-order valence-electron chi connectivity index (χ4n) is 21.5. The lowest BCUT2D eigenvalue weighted by Crippen LogP contribution is -2.51. The molecule has 0 amide bonds. The highest BCUT2D eigenvalue weighted by molar-refractivity contribution is 5.01. The molecular weight excluding hydrogens is 1750 g/mol. The Morgan fingerprint density at radius 3 is 0.500 bits per heavy atom. The zero-order valence-corrected chi connectivity index (χ0v) is 90.6. The molecule has 130 heavy (non-hydrogen) atoms. The molecule has 0 rings (SSSR count). The van der Waals surface area contributed by atoms with Crippen LogP contribution < -0.4 is 0 Å². The van der Waals surface area contributed by atoms with Crippen LogP contribution in [0, 0.1) is 154 Å². The molecule has 0 saturated heterocycles. The molecule has 0 radical (unpaired) electrons. The third kappa shape index (κ3) is 39.0. The Kier molecular flexibility index (Phi) is 65.5. The molecule has 0 aliphatic rings. The average molecular weight is 1950 g/mol. The number of rotatable bonds is 38. The molecule has 0 unspecified atom stereocenters. The van der Waals surface area contributed by atoms with Crippen LogP contribution in [0.1, 0.15) is 454 Å². The fourth-order valence-corrected chi connectivity index (χ4v) is 21.5. The average Bonchev–Trinajstić information content (AvgIpc) is 0.757. The molecule has 0 heterocycles. The molecule has 0 aromatic heterocycles. The summed E-state index contributed by atoms with van der Waals surface area (Å²) in [7, 11) is 0. The van der Waals surface area contributed by atoms with E-state index in [0.717, 1.165) is 0 Å². The monoisotopic (exact) mass is 1950 g/mol. The van der Waals surface area contributed by atoms with Crippen molar-refractivity contribution in [1.29, 1.82) is 0 Å². The molecule has 0 N–H and O–H groups in total. The van der Waals surface area contributed by atoms with Gasteiger partial charge in [0.25, 0.3) is 0 Å². The van der Waals surface area contributed by atoms with E-state index in [2.05, 4.69) is 0 Å². The first-order valence-electron chi connectivity index (χ1n) is 49.0. The zero-order chi connectivity index (χ0) is 107. The molecule has 0 bridgehead atoms. The van der Waals surface area contributed by atoms with E-state index in [4.69, 9.17) is 0 Å². The molecule has 798 valence electrons. The number of halogens is 27. The van der Waals surface area contributed by atoms with Crippen molar-refractivity contribution < 1.29 is 119 Å². The first-order valence-corrected chi connectivity index (χ1v) is 49.0. The second-order valence-electron chi connectivity index (χ2n) is 43.6. The molecule has 0 aliphatic carbocycles. The minimum absolute atomic E-state index is 0.0361. The van der Waals surface area contributed by atoms with Gasteiger partial charge in [-0.2, -0.15) is 119 Å². The summed E-state index contributed by atoms with van der Waals surface area (Å²) >= 11 is 0. The Balaban J connectivity index is -0.000000181. The Hall–Kier alpha value is -1.89. The zero-order valence-electron chi connectivity index (χ0n) is 90.6. The standard InChI is InChI=1S/3C13H25F3.2C12H23F3.2C11H21F3.2C9H17F3/c1-8(2)11(9(3)4)12(7,10(5)6)13(14,15)16;2*1-7-8-12(6,13(14,15)16)11(9(2)3)10(4)5;1-7-10(5,8-2)11(6,9(3)4)12(13,14)15;1-6-9-11(5,12(13,14)15)10(4,7-2)8-3;1-6-9(7-2)10(5,8(3)4)11(12,13)14;1-5-8-10(4,11(12,13)14)9(6-2)7-3;1-6(2)8(5,7(3)4)9(10,11)12;1-4-6-8(3,7-5-2)9(10,11)12/h8-11H,1-7H3;2*9-11H,7-8H2,1-6H3;9H,7-8H2,1-6H3;6-9H2,1-5H3;8-9H,6-7H2,1-5H3;9H,5-8H2,1-4H3;6-7H,1-5H3;4-7H2,1-3H3/t3*12-;2*11-;2*10-;;/m0000000../s1. The topological polar surface area (TPSA) is 0 Å². The summed E-state index contributed by atoms with van der Waals surface area (Å²) in [5, 5.41) is 0. The van der Waals surface area contributed by atoms with E-state index in [0.29, 0.717) is 89.9 Å². The molecular formula is C103H197F27. The second kappa shape index (κ2) is 58.4. The maximum absolute atomic E-state index is 13.3. The molecule has 0 aliphatic heterocycles. The van der Waals surface area contributed by atoms with Gasteiger partial charge in [0.1, 0.15) is 0 Å². The Bertz CT molecular complexity index is 2720. The van der Waals surface area contributed by atoms with Crippen molar-refractivity contribution in [2.45, 2.75) is 509 Å². The fraction of sp³-hybridized carbons (Fsp3) is 1.00. The quantitative estimate of drug-likeness (QED) is 0.0541. The Morgan fingerprint density at radius 1 is 0.177 bits per heavy atom. The Morgan fingerprint density at radius 2 is 0.392 bits per heavy atom. The van der Waals surface area contributed by atoms with Gasteiger partial charge in [0.2, 0.25) is 0 Å². The van der Waals surface area contributed by atoms with Crippen molar-refractivity contribution in [3.63, 3.8) is 0 Å². The highest BCUT2D eigenvalue weighted by Gasteiger charge is 2.65. The van der Waals surface area contributed by atoms with Gasteiger partial charge >= 0.3 is 55.6 Å². The predicted molar refractivity (Wildman–Crippen MR) is 496 cm³/mol. The lowest BCUT2D eigenvalue weighted by atomic mass is 9.57. The van der Waals surface area contributed by atoms with Crippen molar-refractivity contribution >= 4 is 0 Å². The molecule has 0 aromatic carbocycles. The molecule has 0 aromatic rings. The van der Waals surface area contributed by atoms with E-state index in [9.17, 15) is 119 Å². The van der Waals surface area contributed by atoms with Gasteiger partial charge in [-0.05, 0) is 170 Å². The SMILES string of the molecule is CC(C)C(C(C)C)[C@](C)(C(C)C)C(F)(F)F.CC(C)C(C)(C(C)C)C(F)(F)F.CCC(C)(CC)[C@](C)(C(C)C)C(F)(F)F.CCC(CC)[C@](C)(C(C)C)C(F)(F)F.CCCC(C)(CCC)C(F)(F)F.CCC[C@@](C)(C(C(C)C)C(C)C)C(F)(F)F.CCC[C@@](C)(C(C(C)C)C(C)C)C(F)(F)F.CCC[C@@](C)(C(CC)CC)C(F)(F)F.CCC[C@](C)(C(F)(F)F)C(C)(CC)CC. The van der Waals surface area contributed by atoms with E-state index >= 15 is 0 Å². The maximum Gasteiger partial charge on any atom is 0.395 e. The van der Waals surface area contributed by atoms with Crippen LogP contribution in [-0.2, 0) is 0 Å². The minimum Gasteiger partial charge on any atom is -0.171 e. The summed E-state index contributed by atoms with van der Waals surface area (Å²) < 4.78 is 352. The first-order chi connectivity index (χ1) is 57.4. The van der Waals surface area contributed by atoms with Crippen molar-refractivity contribution in [2.24, 2.45) is 154 Å². The van der Waals surface area contributed by atoms with Crippen molar-refractivity contribution in [3.8, 4) is 0 Å². The van der Waals surface area contributed by atoms with Gasteiger partial charge in [-0.1, -0.05) is 390 Å². The van der Waals surface area contributed by atoms with E-state index in [1.54, 1.807) is 96.9 Å². The van der Waals surface area contributed by atoms with Gasteiger partial charge in [-0.25, -0.2) is 0 Å². The van der Waals surface area contributed by atoms with Crippen LogP contribution in [0.25, 0.3) is 0 Å². The summed E-state index contributed by atoms with van der Waals surface area (Å²) in [6.07, 6.45) is -27.4. The van der Waals surface area contributed by atoms with E-state index in [1.165, 1.54) is 62.3 Å². The largest absolute Gasteiger partial charge is 0.395 e. The number of hydrogen-bond acceptors (Lipinski definition) is 0. The molecule has 0 saturated carbocycles. The van der Waals surface area contributed by atoms with Crippen LogP contribution in [-0.4, -0.2) is 55.6 Å². The highest BCUT2D eigenvalue weighted by Crippen LogP contribution is 2.62. The van der Waals surface area contributed by atoms with Crippen molar-refractivity contribution in [3.05, 3.63) is 0 Å². The molecule has 27 heteroatoms. The van der Waals surface area contributed by atoms with Crippen LogP contribution in [0.5, 0.6) is 0 Å². The van der Waals surface area contributed by atoms with E-state index < -0.39 is 127 Å². The maximum atomic E-state index is 13.3. The second-order valence-corrected chi connectivity index (χ2v) is 43.6. The lowest BCUT2D eigenvalue weighted by Gasteiger charge is -2.49. The summed E-state index contributed by atoms with van der Waals surface area (Å²) in [5.74, 6) is -3.12. The third-order valence-corrected chi connectivity index (χ3v) is 32.2. The van der Waals surface area contributed by atoms with Crippen LogP contribution in [0.2, 0.25) is 0 Å². The lowest BCUT2D eigenvalue weighted by molar-refractivity contribution is -0.275. The van der Waals surface area contributed by atoms with Crippen LogP contribution in [0.3, 0.4) is 0 Å². The molecule has 0 fully saturated rings. The van der Waals surface area contributed by atoms with Crippen LogP contribution in [0.15, 0.2) is 0 Å². The number of hydrogen-bond donors (Lipinski definition) is 0. The summed E-state index contributed by atoms with van der Waals surface area (Å²) in [6, 6.07) is 0. The minimum atomic E-state index is -4.14. The van der Waals surface area contributed by atoms with Gasteiger partial charge in [0.15, 0.2) is 0 Å². The van der Waals surface area contributed by atoms with Gasteiger partial charge in [-0.15, -0.1) is 0 Å². The third-order valence-electron chi connectivity index (χ3n) is 32.2. The van der Waals surface area contributed by atoms with Gasteiger partial charge in [-0.3, -0.25) is 0 Å². The molecule has 0 nitrogen and oxygen atoms in total. The predicted octanol–water partition coefficient (Wildman–Crippen LogP) is 43.4. The van der Waals surface area contributed by atoms with Gasteiger partial charge in [0.05, 0.1) is 48.7 Å². The first kappa shape index (κ1) is 146. The van der Waals surface area contributed by atoms with Gasteiger partial charge < -0.3 is 0 Å². The normalized spacial score (nSPS) is 16.8. The van der Waals surface area contributed by atoms with Crippen LogP contribution >= 0.6 is 0 Å². The summed E-state index contributed by atoms with van der Waals surface area (Å²) in [6.45, 7) is 80.5. The summed E-state index contributed by atoms with van der Waals surface area (Å²) in [5.41, 5.74) is -15.3. The van der Waals surface area contributed by atoms with Crippen molar-refractivity contribution in [1.82, 2.24) is 0 Å². The summed E-state index contributed by atoms with van der Waals surface area (Å²) in [4.78, 5) is 0. The van der Waals surface area contributed by atoms with Crippen molar-refractivity contribution in [2.75, 3.05) is 0 Å². The molecule has 7 atom stereocenters. The molecule has 0 spiro atoms. The smallest absolute Gasteiger partial charge is 0.171 e. The van der Waals surface area contributed by atoms with E-state index in [1.807, 2.05) is 166 Å². The number of alkyl halides is 27. The van der Waals surface area contributed by atoms with Gasteiger partial charge in [0, 0.05) is 0 Å².